The lowest BCUT2D eigenvalue weighted by Crippen LogP contribution is -2.38. The van der Waals surface area contributed by atoms with Crippen LogP contribution in [0.4, 0.5) is 17.2 Å². The third-order valence-electron chi connectivity index (χ3n) is 5.49. The summed E-state index contributed by atoms with van der Waals surface area (Å²) in [5, 5.41) is 22.5. The van der Waals surface area contributed by atoms with E-state index in [1.54, 1.807) is 25.4 Å². The lowest BCUT2D eigenvalue weighted by atomic mass is 9.95. The molecule has 158 valence electrons. The van der Waals surface area contributed by atoms with E-state index in [4.69, 9.17) is 0 Å². The maximum atomic E-state index is 12.7. The van der Waals surface area contributed by atoms with Gasteiger partial charge < -0.3 is 10.2 Å². The van der Waals surface area contributed by atoms with Crippen molar-refractivity contribution in [1.29, 1.82) is 0 Å². The first-order valence-electron chi connectivity index (χ1n) is 10.1. The molecule has 3 heterocycles. The van der Waals surface area contributed by atoms with Gasteiger partial charge in [0.25, 0.3) is 5.69 Å². The standard InChI is InChI=1S/C22H22N6O3/c1-15-14-18(28(30)31)2-3-19(15)24-22(29)17-8-12-27(13-9-17)21-5-4-20(25-26-21)16-6-10-23-11-7-16/h2-7,10-11,14,17H,8-9,12-13H2,1H3,(H,24,29). The van der Waals surface area contributed by atoms with Gasteiger partial charge in [0.2, 0.25) is 5.91 Å². The third kappa shape index (κ3) is 4.66. The summed E-state index contributed by atoms with van der Waals surface area (Å²) in [6, 6.07) is 12.1. The van der Waals surface area contributed by atoms with Crippen LogP contribution in [0.1, 0.15) is 18.4 Å². The van der Waals surface area contributed by atoms with Gasteiger partial charge in [-0.15, -0.1) is 10.2 Å². The quantitative estimate of drug-likeness (QED) is 0.497. The highest BCUT2D eigenvalue weighted by Gasteiger charge is 2.26. The van der Waals surface area contributed by atoms with Crippen molar-refractivity contribution in [3.05, 3.63) is 70.5 Å². The van der Waals surface area contributed by atoms with E-state index in [1.807, 2.05) is 24.3 Å². The van der Waals surface area contributed by atoms with E-state index >= 15 is 0 Å². The van der Waals surface area contributed by atoms with Crippen LogP contribution in [-0.2, 0) is 4.79 Å². The summed E-state index contributed by atoms with van der Waals surface area (Å²) in [4.78, 5) is 29.3. The first kappa shape index (κ1) is 20.4. The van der Waals surface area contributed by atoms with Gasteiger partial charge in [-0.05, 0) is 55.7 Å². The van der Waals surface area contributed by atoms with Crippen LogP contribution in [0.15, 0.2) is 54.9 Å². The van der Waals surface area contributed by atoms with Crippen LogP contribution in [-0.4, -0.2) is 39.1 Å². The number of amides is 1. The van der Waals surface area contributed by atoms with Crippen molar-refractivity contribution in [2.45, 2.75) is 19.8 Å². The maximum absolute atomic E-state index is 12.7. The van der Waals surface area contributed by atoms with Gasteiger partial charge in [0.1, 0.15) is 0 Å². The molecule has 0 atom stereocenters. The molecule has 31 heavy (non-hydrogen) atoms. The van der Waals surface area contributed by atoms with Crippen LogP contribution in [0.5, 0.6) is 0 Å². The van der Waals surface area contributed by atoms with Crippen LogP contribution in [0.3, 0.4) is 0 Å². The fourth-order valence-corrected chi connectivity index (χ4v) is 3.68. The number of hydrogen-bond acceptors (Lipinski definition) is 7. The van der Waals surface area contributed by atoms with Crippen molar-refractivity contribution in [2.75, 3.05) is 23.3 Å². The number of pyridine rings is 1. The number of non-ortho nitro benzene ring substituents is 1. The van der Waals surface area contributed by atoms with Crippen LogP contribution >= 0.6 is 0 Å². The molecule has 0 radical (unpaired) electrons. The maximum Gasteiger partial charge on any atom is 0.269 e. The number of piperidine rings is 1. The Morgan fingerprint density at radius 3 is 2.45 bits per heavy atom. The number of carbonyl (C=O) groups excluding carboxylic acids is 1. The van der Waals surface area contributed by atoms with E-state index in [0.717, 1.165) is 17.1 Å². The Balaban J connectivity index is 1.34. The number of rotatable bonds is 5. The first-order valence-corrected chi connectivity index (χ1v) is 10.1. The molecule has 1 N–H and O–H groups in total. The molecule has 1 amide bonds. The lowest BCUT2D eigenvalue weighted by molar-refractivity contribution is -0.384. The molecule has 0 spiro atoms. The van der Waals surface area contributed by atoms with Crippen LogP contribution in [0.2, 0.25) is 0 Å². The molecule has 4 rings (SSSR count). The summed E-state index contributed by atoms with van der Waals surface area (Å²) < 4.78 is 0. The van der Waals surface area contributed by atoms with Crippen molar-refractivity contribution in [2.24, 2.45) is 5.92 Å². The molecule has 1 fully saturated rings. The number of aryl methyl sites for hydroxylation is 1. The van der Waals surface area contributed by atoms with Crippen molar-refractivity contribution in [3.63, 3.8) is 0 Å². The Morgan fingerprint density at radius 1 is 1.10 bits per heavy atom. The SMILES string of the molecule is Cc1cc([N+](=O)[O-])ccc1NC(=O)C1CCN(c2ccc(-c3ccncc3)nn2)CC1. The van der Waals surface area contributed by atoms with Crippen molar-refractivity contribution >= 4 is 23.1 Å². The van der Waals surface area contributed by atoms with Crippen molar-refractivity contribution < 1.29 is 9.72 Å². The molecule has 9 nitrogen and oxygen atoms in total. The summed E-state index contributed by atoms with van der Waals surface area (Å²) in [5.74, 6) is 0.619. The molecule has 0 saturated carbocycles. The van der Waals surface area contributed by atoms with E-state index in [9.17, 15) is 14.9 Å². The number of benzene rings is 1. The van der Waals surface area contributed by atoms with Gasteiger partial charge in [0.05, 0.1) is 10.6 Å². The molecule has 1 aromatic carbocycles. The molecular formula is C22H22N6O3. The second kappa shape index (κ2) is 8.86. The highest BCUT2D eigenvalue weighted by molar-refractivity contribution is 5.93. The van der Waals surface area contributed by atoms with Crippen molar-refractivity contribution in [3.8, 4) is 11.3 Å². The van der Waals surface area contributed by atoms with Crippen molar-refractivity contribution in [1.82, 2.24) is 15.2 Å². The minimum absolute atomic E-state index is 0.0138. The number of nitro benzene ring substituents is 1. The Labute approximate surface area is 179 Å². The Kier molecular flexibility index (Phi) is 5.83. The monoisotopic (exact) mass is 418 g/mol. The number of hydrogen-bond donors (Lipinski definition) is 1. The molecule has 2 aromatic heterocycles. The van der Waals surface area contributed by atoms with Gasteiger partial charge >= 0.3 is 0 Å². The first-order chi connectivity index (χ1) is 15.0. The van der Waals surface area contributed by atoms with E-state index in [0.29, 0.717) is 37.2 Å². The number of aromatic nitrogens is 3. The molecule has 1 aliphatic heterocycles. The average molecular weight is 418 g/mol. The summed E-state index contributed by atoms with van der Waals surface area (Å²) in [6.45, 7) is 3.17. The summed E-state index contributed by atoms with van der Waals surface area (Å²) in [5.41, 5.74) is 3.05. The zero-order chi connectivity index (χ0) is 21.8. The van der Waals surface area contributed by atoms with Gasteiger partial charge in [-0.3, -0.25) is 19.9 Å². The van der Waals surface area contributed by atoms with E-state index in [1.165, 1.54) is 12.1 Å². The van der Waals surface area contributed by atoms with Crippen LogP contribution in [0.25, 0.3) is 11.3 Å². The highest BCUT2D eigenvalue weighted by Crippen LogP contribution is 2.26. The number of nitrogens with one attached hydrogen (secondary N) is 1. The second-order valence-electron chi connectivity index (χ2n) is 7.52. The van der Waals surface area contributed by atoms with Gasteiger partial charge in [-0.2, -0.15) is 0 Å². The number of anilines is 2. The molecule has 9 heteroatoms. The molecule has 1 saturated heterocycles. The molecule has 3 aromatic rings. The fraction of sp³-hybridized carbons (Fsp3) is 0.273. The fourth-order valence-electron chi connectivity index (χ4n) is 3.68. The number of nitrogens with zero attached hydrogens (tertiary/aromatic N) is 5. The number of carbonyl (C=O) groups is 1. The molecule has 1 aliphatic rings. The molecular weight excluding hydrogens is 396 g/mol. The Morgan fingerprint density at radius 2 is 1.84 bits per heavy atom. The number of nitro groups is 1. The van der Waals surface area contributed by atoms with Gasteiger partial charge in [0.15, 0.2) is 5.82 Å². The smallest absolute Gasteiger partial charge is 0.269 e. The minimum Gasteiger partial charge on any atom is -0.355 e. The highest BCUT2D eigenvalue weighted by atomic mass is 16.6. The summed E-state index contributed by atoms with van der Waals surface area (Å²) in [7, 11) is 0. The Hall–Kier alpha value is -3.88. The summed E-state index contributed by atoms with van der Waals surface area (Å²) in [6.07, 6.45) is 4.84. The predicted molar refractivity (Wildman–Crippen MR) is 117 cm³/mol. The average Bonchev–Trinajstić information content (AvgIpc) is 2.81. The van der Waals surface area contributed by atoms with Crippen LogP contribution < -0.4 is 10.2 Å². The predicted octanol–water partition coefficient (Wildman–Crippen LogP) is 3.61. The molecule has 0 bridgehead atoms. The zero-order valence-electron chi connectivity index (χ0n) is 17.1. The van der Waals surface area contributed by atoms with E-state index < -0.39 is 4.92 Å². The second-order valence-corrected chi connectivity index (χ2v) is 7.52. The minimum atomic E-state index is -0.444. The van der Waals surface area contributed by atoms with Gasteiger partial charge in [-0.25, -0.2) is 0 Å². The largest absolute Gasteiger partial charge is 0.355 e. The van der Waals surface area contributed by atoms with E-state index in [-0.39, 0.29) is 17.5 Å². The zero-order valence-corrected chi connectivity index (χ0v) is 17.1. The Bertz CT molecular complexity index is 1080. The van der Waals surface area contributed by atoms with Gasteiger partial charge in [-0.1, -0.05) is 0 Å². The summed E-state index contributed by atoms with van der Waals surface area (Å²) >= 11 is 0. The van der Waals surface area contributed by atoms with E-state index in [2.05, 4.69) is 25.4 Å². The van der Waals surface area contributed by atoms with Gasteiger partial charge in [0, 0.05) is 54.8 Å². The third-order valence-corrected chi connectivity index (χ3v) is 5.49. The van der Waals surface area contributed by atoms with Crippen LogP contribution in [0, 0.1) is 23.0 Å². The molecule has 0 aliphatic carbocycles. The topological polar surface area (TPSA) is 114 Å². The lowest BCUT2D eigenvalue weighted by Gasteiger charge is -2.32. The normalized spacial score (nSPS) is 14.3. The molecule has 0 unspecified atom stereocenters.